The lowest BCUT2D eigenvalue weighted by atomic mass is 10.1. The average molecular weight is 544 g/mol. The largest absolute Gasteiger partial charge is 0.395 e. The molecule has 3 aromatic heterocycles. The first-order chi connectivity index (χ1) is 19.0. The Balaban J connectivity index is 1.49. The highest BCUT2D eigenvalue weighted by atomic mass is 32.1. The number of benzene rings is 1. The van der Waals surface area contributed by atoms with E-state index in [2.05, 4.69) is 32.2 Å². The minimum atomic E-state index is -0.357. The van der Waals surface area contributed by atoms with Crippen LogP contribution in [0.5, 0.6) is 0 Å². The van der Waals surface area contributed by atoms with E-state index in [-0.39, 0.29) is 18.5 Å². The summed E-state index contributed by atoms with van der Waals surface area (Å²) in [5.74, 6) is -0.0192. The molecule has 2 fully saturated rings. The third kappa shape index (κ3) is 4.93. The monoisotopic (exact) mass is 543 g/mol. The number of nitriles is 1. The zero-order chi connectivity index (χ0) is 27.1. The average Bonchev–Trinajstić information content (AvgIpc) is 3.73. The number of anilines is 3. The number of aromatic nitrogens is 3. The van der Waals surface area contributed by atoms with Crippen LogP contribution in [0.2, 0.25) is 0 Å². The van der Waals surface area contributed by atoms with Crippen LogP contribution in [0.3, 0.4) is 0 Å². The summed E-state index contributed by atoms with van der Waals surface area (Å²) in [5, 5.41) is 24.3. The second-order valence-corrected chi connectivity index (χ2v) is 11.1. The molecule has 1 saturated heterocycles. The molecular weight excluding hydrogens is 513 g/mol. The van der Waals surface area contributed by atoms with Gasteiger partial charge in [-0.3, -0.25) is 4.98 Å². The van der Waals surface area contributed by atoms with Crippen LogP contribution in [0.4, 0.5) is 20.9 Å². The van der Waals surface area contributed by atoms with E-state index < -0.39 is 0 Å². The molecule has 1 unspecified atom stereocenters. The predicted octanol–water partition coefficient (Wildman–Crippen LogP) is 4.88. The first-order valence-corrected chi connectivity index (χ1v) is 14.2. The maximum Gasteiger partial charge on any atom is 0.191 e. The number of aliphatic hydroxyl groups is 1. The van der Waals surface area contributed by atoms with Crippen molar-refractivity contribution in [2.45, 2.75) is 38.6 Å². The minimum absolute atomic E-state index is 0.0256. The number of rotatable bonds is 7. The van der Waals surface area contributed by atoms with E-state index in [9.17, 15) is 10.4 Å². The quantitative estimate of drug-likeness (QED) is 0.340. The van der Waals surface area contributed by atoms with Crippen LogP contribution in [0, 0.1) is 24.1 Å². The van der Waals surface area contributed by atoms with Crippen LogP contribution in [-0.4, -0.2) is 58.9 Å². The van der Waals surface area contributed by atoms with Gasteiger partial charge < -0.3 is 20.2 Å². The number of piperazine rings is 1. The molecule has 4 heterocycles. The molecule has 0 amide bonds. The number of pyridine rings is 2. The van der Waals surface area contributed by atoms with E-state index in [1.807, 2.05) is 32.0 Å². The lowest BCUT2D eigenvalue weighted by Gasteiger charge is -2.35. The van der Waals surface area contributed by atoms with Gasteiger partial charge in [0, 0.05) is 72.4 Å². The van der Waals surface area contributed by atoms with Gasteiger partial charge in [-0.1, -0.05) is 11.3 Å². The fourth-order valence-electron chi connectivity index (χ4n) is 5.16. The standard InChI is InChI=1S/C29H30FN7OS/c1-3-37(29-35-27(26(13-31)39-29)19-5-4-17(2)33-14-19)25-12-24(18-6-7-18)34-28-22(25)10-21(11-23(28)30)36-9-8-32-20(15-36)16-38/h4-5,10-12,14,18,20,32,38H,3,6-9,15-16H2,1-2H3. The molecule has 0 bridgehead atoms. The predicted molar refractivity (Wildman–Crippen MR) is 152 cm³/mol. The van der Waals surface area contributed by atoms with E-state index in [1.165, 1.54) is 11.3 Å². The summed E-state index contributed by atoms with van der Waals surface area (Å²) in [7, 11) is 0. The van der Waals surface area contributed by atoms with Crippen LogP contribution >= 0.6 is 11.3 Å². The zero-order valence-electron chi connectivity index (χ0n) is 22.0. The Morgan fingerprint density at radius 1 is 1.26 bits per heavy atom. The first kappa shape index (κ1) is 25.6. The van der Waals surface area contributed by atoms with Crippen LogP contribution in [-0.2, 0) is 0 Å². The van der Waals surface area contributed by atoms with E-state index in [0.29, 0.717) is 58.7 Å². The highest BCUT2D eigenvalue weighted by Gasteiger charge is 2.29. The summed E-state index contributed by atoms with van der Waals surface area (Å²) in [5.41, 5.74) is 5.14. The van der Waals surface area contributed by atoms with Crippen LogP contribution < -0.4 is 15.1 Å². The molecule has 2 N–H and O–H groups in total. The Kier molecular flexibility index (Phi) is 6.89. The summed E-state index contributed by atoms with van der Waals surface area (Å²) in [4.78, 5) is 18.7. The summed E-state index contributed by atoms with van der Waals surface area (Å²) < 4.78 is 15.7. The molecule has 200 valence electrons. The molecule has 6 rings (SSSR count). The summed E-state index contributed by atoms with van der Waals surface area (Å²) in [6.45, 7) is 6.58. The van der Waals surface area contributed by atoms with Crippen molar-refractivity contribution in [1.82, 2.24) is 20.3 Å². The number of aryl methyl sites for hydroxylation is 1. The third-order valence-corrected chi connectivity index (χ3v) is 8.41. The molecule has 1 aliphatic carbocycles. The maximum absolute atomic E-state index is 15.7. The molecule has 0 spiro atoms. The van der Waals surface area contributed by atoms with Gasteiger partial charge in [-0.25, -0.2) is 14.4 Å². The SMILES string of the molecule is CCN(c1nc(-c2ccc(C)nc2)c(C#N)s1)c1cc(C2CC2)nc2c(F)cc(N3CCNC(CO)C3)cc12. The Morgan fingerprint density at radius 2 is 2.10 bits per heavy atom. The highest BCUT2D eigenvalue weighted by Crippen LogP contribution is 2.45. The topological polar surface area (TPSA) is 101 Å². The van der Waals surface area contributed by atoms with Crippen molar-refractivity contribution in [3.8, 4) is 17.3 Å². The fraction of sp³-hybridized carbons (Fsp3) is 0.379. The zero-order valence-corrected chi connectivity index (χ0v) is 22.8. The molecule has 1 aromatic carbocycles. The Labute approximate surface area is 230 Å². The van der Waals surface area contributed by atoms with Gasteiger partial charge in [-0.15, -0.1) is 0 Å². The smallest absolute Gasteiger partial charge is 0.191 e. The second kappa shape index (κ2) is 10.5. The van der Waals surface area contributed by atoms with Gasteiger partial charge >= 0.3 is 0 Å². The minimum Gasteiger partial charge on any atom is -0.395 e. The molecule has 1 aliphatic heterocycles. The van der Waals surface area contributed by atoms with Gasteiger partial charge in [0.15, 0.2) is 10.9 Å². The molecule has 2 aliphatic rings. The number of aliphatic hydroxyl groups excluding tert-OH is 1. The molecule has 4 aromatic rings. The van der Waals surface area contributed by atoms with Crippen LogP contribution in [0.25, 0.3) is 22.2 Å². The molecule has 39 heavy (non-hydrogen) atoms. The first-order valence-electron chi connectivity index (χ1n) is 13.3. The van der Waals surface area contributed by atoms with Gasteiger partial charge in [0.05, 0.1) is 12.3 Å². The molecule has 0 radical (unpaired) electrons. The highest BCUT2D eigenvalue weighted by molar-refractivity contribution is 7.16. The number of hydrogen-bond acceptors (Lipinski definition) is 9. The van der Waals surface area contributed by atoms with Gasteiger partial charge in [0.1, 0.15) is 22.2 Å². The molecular formula is C29H30FN7OS. The van der Waals surface area contributed by atoms with Crippen molar-refractivity contribution in [2.24, 2.45) is 0 Å². The number of nitrogens with one attached hydrogen (secondary N) is 1. The fourth-order valence-corrected chi connectivity index (χ4v) is 6.12. The normalized spacial score (nSPS) is 17.4. The summed E-state index contributed by atoms with van der Waals surface area (Å²) in [6, 6.07) is 11.7. The summed E-state index contributed by atoms with van der Waals surface area (Å²) in [6.07, 6.45) is 3.84. The van der Waals surface area contributed by atoms with Crippen molar-refractivity contribution in [3.05, 3.63) is 58.6 Å². The van der Waals surface area contributed by atoms with Gasteiger partial charge in [0.2, 0.25) is 0 Å². The number of fused-ring (bicyclic) bond motifs is 1. The number of halogens is 1. The maximum atomic E-state index is 15.7. The third-order valence-electron chi connectivity index (χ3n) is 7.43. The van der Waals surface area contributed by atoms with E-state index >= 15 is 4.39 Å². The Hall–Kier alpha value is -3.65. The van der Waals surface area contributed by atoms with Gasteiger partial charge in [-0.05, 0) is 57.0 Å². The Bertz CT molecular complexity index is 1560. The van der Waals surface area contributed by atoms with E-state index in [1.54, 1.807) is 12.3 Å². The van der Waals surface area contributed by atoms with Crippen LogP contribution in [0.1, 0.15) is 41.9 Å². The van der Waals surface area contributed by atoms with E-state index in [4.69, 9.17) is 9.97 Å². The lowest BCUT2D eigenvalue weighted by Crippen LogP contribution is -2.52. The summed E-state index contributed by atoms with van der Waals surface area (Å²) >= 11 is 1.33. The molecule has 8 nitrogen and oxygen atoms in total. The van der Waals surface area contributed by atoms with Gasteiger partial charge in [-0.2, -0.15) is 5.26 Å². The number of hydrogen-bond donors (Lipinski definition) is 2. The van der Waals surface area contributed by atoms with Crippen molar-refractivity contribution < 1.29 is 9.50 Å². The second-order valence-electron chi connectivity index (χ2n) is 10.2. The number of thiazole rings is 1. The molecule has 1 saturated carbocycles. The van der Waals surface area contributed by atoms with Crippen molar-refractivity contribution in [2.75, 3.05) is 42.6 Å². The molecule has 1 atom stereocenters. The van der Waals surface area contributed by atoms with Crippen molar-refractivity contribution in [3.63, 3.8) is 0 Å². The van der Waals surface area contributed by atoms with Crippen molar-refractivity contribution in [1.29, 1.82) is 5.26 Å². The molecule has 10 heteroatoms. The lowest BCUT2D eigenvalue weighted by molar-refractivity contribution is 0.235. The van der Waals surface area contributed by atoms with Crippen molar-refractivity contribution >= 4 is 38.7 Å². The Morgan fingerprint density at radius 3 is 2.79 bits per heavy atom. The number of nitrogens with zero attached hydrogens (tertiary/aromatic N) is 6. The van der Waals surface area contributed by atoms with E-state index in [0.717, 1.165) is 41.2 Å². The van der Waals surface area contributed by atoms with Crippen LogP contribution in [0.15, 0.2) is 36.5 Å². The van der Waals surface area contributed by atoms with Gasteiger partial charge in [0.25, 0.3) is 0 Å².